The van der Waals surface area contributed by atoms with E-state index in [1.807, 2.05) is 5.38 Å². The van der Waals surface area contributed by atoms with E-state index in [0.29, 0.717) is 50.6 Å². The molecule has 0 atom stereocenters. The van der Waals surface area contributed by atoms with Gasteiger partial charge in [-0.2, -0.15) is 0 Å². The summed E-state index contributed by atoms with van der Waals surface area (Å²) in [5.41, 5.74) is 0.895. The number of nitrogens with zero attached hydrogens (tertiary/aromatic N) is 4. The molecule has 0 amide bonds. The number of ether oxygens (including phenoxy) is 1. The second kappa shape index (κ2) is 8.04. The van der Waals surface area contributed by atoms with Crippen molar-refractivity contribution in [2.45, 2.75) is 17.5 Å². The van der Waals surface area contributed by atoms with E-state index in [0.717, 1.165) is 0 Å². The molecule has 28 heavy (non-hydrogen) atoms. The number of thioether (sulfide) groups is 1. The molecule has 3 aromatic heterocycles. The maximum Gasteiger partial charge on any atom is 0.262 e. The van der Waals surface area contributed by atoms with E-state index >= 15 is 0 Å². The van der Waals surface area contributed by atoms with Gasteiger partial charge in [0, 0.05) is 35.5 Å². The monoisotopic (exact) mass is 434 g/mol. The van der Waals surface area contributed by atoms with Gasteiger partial charge in [0.1, 0.15) is 0 Å². The van der Waals surface area contributed by atoms with Crippen LogP contribution in [0.4, 0.5) is 0 Å². The van der Waals surface area contributed by atoms with Crippen LogP contribution in [0.5, 0.6) is 0 Å². The number of fused-ring (bicyclic) bond motifs is 2. The van der Waals surface area contributed by atoms with Gasteiger partial charge in [0.25, 0.3) is 11.1 Å². The number of methoxy groups -OCH3 is 1. The lowest BCUT2D eigenvalue weighted by atomic mass is 10.2. The van der Waals surface area contributed by atoms with Crippen LogP contribution in [0, 0.1) is 0 Å². The van der Waals surface area contributed by atoms with Crippen molar-refractivity contribution in [3.05, 3.63) is 67.3 Å². The summed E-state index contributed by atoms with van der Waals surface area (Å²) in [7, 11) is 1.58. The Bertz CT molecular complexity index is 1280. The third-order valence-corrected chi connectivity index (χ3v) is 6.11. The molecule has 4 rings (SSSR count). The molecule has 10 heteroatoms. The van der Waals surface area contributed by atoms with Crippen LogP contribution < -0.4 is 11.1 Å². The fourth-order valence-corrected chi connectivity index (χ4v) is 4.59. The second-order valence-electron chi connectivity index (χ2n) is 5.94. The van der Waals surface area contributed by atoms with E-state index in [9.17, 15) is 9.59 Å². The Morgan fingerprint density at radius 3 is 2.93 bits per heavy atom. The molecule has 0 saturated heterocycles. The minimum absolute atomic E-state index is 0.128. The summed E-state index contributed by atoms with van der Waals surface area (Å²) in [5, 5.41) is 3.37. The number of hydrogen-bond acceptors (Lipinski definition) is 7. The minimum atomic E-state index is -0.150. The van der Waals surface area contributed by atoms with Gasteiger partial charge in [-0.15, -0.1) is 11.3 Å². The van der Waals surface area contributed by atoms with Crippen LogP contribution in [0.15, 0.2) is 50.6 Å². The van der Waals surface area contributed by atoms with Crippen LogP contribution in [-0.4, -0.2) is 32.7 Å². The maximum absolute atomic E-state index is 12.9. The van der Waals surface area contributed by atoms with Gasteiger partial charge in [-0.3, -0.25) is 18.6 Å². The zero-order valence-electron chi connectivity index (χ0n) is 14.8. The van der Waals surface area contributed by atoms with Crippen molar-refractivity contribution in [2.24, 2.45) is 0 Å². The van der Waals surface area contributed by atoms with Crippen molar-refractivity contribution < 1.29 is 4.74 Å². The van der Waals surface area contributed by atoms with E-state index in [4.69, 9.17) is 16.3 Å². The number of thiazole rings is 1. The fourth-order valence-electron chi connectivity index (χ4n) is 2.76. The Morgan fingerprint density at radius 1 is 1.25 bits per heavy atom. The Hall–Kier alpha value is -2.20. The molecule has 0 aliphatic heterocycles. The van der Waals surface area contributed by atoms with E-state index in [2.05, 4.69) is 9.97 Å². The third kappa shape index (κ3) is 3.70. The van der Waals surface area contributed by atoms with Gasteiger partial charge in [-0.05, 0) is 18.2 Å². The number of benzene rings is 1. The zero-order valence-corrected chi connectivity index (χ0v) is 17.2. The summed E-state index contributed by atoms with van der Waals surface area (Å²) < 4.78 is 8.22. The van der Waals surface area contributed by atoms with E-state index in [1.54, 1.807) is 36.1 Å². The summed E-state index contributed by atoms with van der Waals surface area (Å²) in [6.07, 6.45) is 1.70. The molecular formula is C18H15ClN4O3S2. The Morgan fingerprint density at radius 2 is 2.11 bits per heavy atom. The van der Waals surface area contributed by atoms with Crippen LogP contribution in [0.25, 0.3) is 15.9 Å². The SMILES string of the molecule is COCCn1c(SCc2cc(=O)n3ccsc3n2)nc2cc(Cl)ccc2c1=O. The lowest BCUT2D eigenvalue weighted by molar-refractivity contribution is 0.183. The van der Waals surface area contributed by atoms with Crippen molar-refractivity contribution in [1.29, 1.82) is 0 Å². The molecule has 1 aromatic carbocycles. The van der Waals surface area contributed by atoms with Crippen LogP contribution in [0.1, 0.15) is 5.69 Å². The van der Waals surface area contributed by atoms with Gasteiger partial charge in [-0.1, -0.05) is 23.4 Å². The summed E-state index contributed by atoms with van der Waals surface area (Å²) in [5.74, 6) is 0.412. The van der Waals surface area contributed by atoms with Crippen molar-refractivity contribution in [1.82, 2.24) is 18.9 Å². The predicted molar refractivity (Wildman–Crippen MR) is 112 cm³/mol. The van der Waals surface area contributed by atoms with Crippen molar-refractivity contribution in [3.8, 4) is 0 Å². The Kier molecular flexibility index (Phi) is 5.49. The van der Waals surface area contributed by atoms with Crippen LogP contribution >= 0.6 is 34.7 Å². The molecule has 7 nitrogen and oxygen atoms in total. The number of halogens is 1. The van der Waals surface area contributed by atoms with Gasteiger partial charge in [-0.25, -0.2) is 9.97 Å². The molecular weight excluding hydrogens is 420 g/mol. The average Bonchev–Trinajstić information content (AvgIpc) is 3.15. The average molecular weight is 435 g/mol. The van der Waals surface area contributed by atoms with Crippen molar-refractivity contribution >= 4 is 50.6 Å². The highest BCUT2D eigenvalue weighted by molar-refractivity contribution is 7.98. The van der Waals surface area contributed by atoms with Crippen LogP contribution in [-0.2, 0) is 17.0 Å². The first-order valence-electron chi connectivity index (χ1n) is 8.34. The molecule has 0 fully saturated rings. The topological polar surface area (TPSA) is 78.5 Å². The molecule has 0 spiro atoms. The maximum atomic E-state index is 12.9. The summed E-state index contributed by atoms with van der Waals surface area (Å²) in [6, 6.07) is 6.53. The van der Waals surface area contributed by atoms with Crippen molar-refractivity contribution in [3.63, 3.8) is 0 Å². The smallest absolute Gasteiger partial charge is 0.262 e. The van der Waals surface area contributed by atoms with Gasteiger partial charge in [0.2, 0.25) is 0 Å². The molecule has 0 aliphatic rings. The lowest BCUT2D eigenvalue weighted by Gasteiger charge is -2.12. The number of aromatic nitrogens is 4. The molecule has 0 radical (unpaired) electrons. The highest BCUT2D eigenvalue weighted by atomic mass is 35.5. The van der Waals surface area contributed by atoms with Gasteiger partial charge >= 0.3 is 0 Å². The Labute approximate surface area is 172 Å². The minimum Gasteiger partial charge on any atom is -0.383 e. The predicted octanol–water partition coefficient (Wildman–Crippen LogP) is 3.06. The van der Waals surface area contributed by atoms with Gasteiger partial charge in [0.05, 0.1) is 29.7 Å². The normalized spacial score (nSPS) is 11.5. The standard InChI is InChI=1S/C18H15ClN4O3S2/c1-26-6-4-23-16(25)13-3-2-11(19)8-14(13)21-18(23)28-10-12-9-15(24)22-5-7-27-17(22)20-12/h2-3,5,7-9H,4,6,10H2,1H3. The van der Waals surface area contributed by atoms with Crippen LogP contribution in [0.2, 0.25) is 5.02 Å². The fraction of sp³-hybridized carbons (Fsp3) is 0.222. The largest absolute Gasteiger partial charge is 0.383 e. The van der Waals surface area contributed by atoms with E-state index in [1.165, 1.54) is 33.6 Å². The molecule has 0 aliphatic carbocycles. The van der Waals surface area contributed by atoms with Gasteiger partial charge < -0.3 is 4.74 Å². The zero-order chi connectivity index (χ0) is 19.7. The number of rotatable bonds is 6. The molecule has 0 unspecified atom stereocenters. The number of hydrogen-bond donors (Lipinski definition) is 0. The highest BCUT2D eigenvalue weighted by Gasteiger charge is 2.13. The molecule has 0 saturated carbocycles. The first kappa shape index (κ1) is 19.1. The Balaban J connectivity index is 1.73. The lowest BCUT2D eigenvalue weighted by Crippen LogP contribution is -2.25. The first-order valence-corrected chi connectivity index (χ1v) is 10.6. The second-order valence-corrected chi connectivity index (χ2v) is 8.19. The van der Waals surface area contributed by atoms with Crippen molar-refractivity contribution in [2.75, 3.05) is 13.7 Å². The van der Waals surface area contributed by atoms with E-state index < -0.39 is 0 Å². The highest BCUT2D eigenvalue weighted by Crippen LogP contribution is 2.23. The molecule has 4 aromatic rings. The molecule has 0 bridgehead atoms. The van der Waals surface area contributed by atoms with Gasteiger partial charge in [0.15, 0.2) is 10.1 Å². The quantitative estimate of drug-likeness (QED) is 0.343. The summed E-state index contributed by atoms with van der Waals surface area (Å²) in [6.45, 7) is 0.762. The summed E-state index contributed by atoms with van der Waals surface area (Å²) in [4.78, 5) is 34.8. The first-order chi connectivity index (χ1) is 13.6. The third-order valence-electron chi connectivity index (χ3n) is 4.11. The molecule has 0 N–H and O–H groups in total. The molecule has 3 heterocycles. The van der Waals surface area contributed by atoms with E-state index in [-0.39, 0.29) is 11.1 Å². The molecule has 144 valence electrons. The summed E-state index contributed by atoms with van der Waals surface area (Å²) >= 11 is 8.81. The van der Waals surface area contributed by atoms with Crippen LogP contribution in [0.3, 0.4) is 0 Å².